The molecular formula is H18O20P6. The van der Waals surface area contributed by atoms with E-state index >= 15 is 0 Å². The molecule has 1 atom stereocenters. The van der Waals surface area contributed by atoms with E-state index in [1.807, 2.05) is 0 Å². The number of hydrogen-bond acceptors (Lipinski definition) is 5. The Bertz CT molecular complexity index is 367. The van der Waals surface area contributed by atoms with Gasteiger partial charge in [-0.15, -0.1) is 0 Å². The molecule has 15 N–H and O–H groups in total. The average molecular weight is 524 g/mol. The van der Waals surface area contributed by atoms with Crippen LogP contribution in [0.25, 0.3) is 0 Å². The van der Waals surface area contributed by atoms with E-state index in [0.29, 0.717) is 0 Å². The van der Waals surface area contributed by atoms with Crippen LogP contribution in [-0.4, -0.2) is 73.4 Å². The van der Waals surface area contributed by atoms with Crippen molar-refractivity contribution in [3.63, 3.8) is 0 Å². The van der Waals surface area contributed by atoms with Crippen LogP contribution in [0.3, 0.4) is 0 Å². The lowest BCUT2D eigenvalue weighted by Crippen LogP contribution is -1.66. The fourth-order valence-electron chi connectivity index (χ4n) is 0. The van der Waals surface area contributed by atoms with E-state index < -0.39 is 39.1 Å². The van der Waals surface area contributed by atoms with Crippen molar-refractivity contribution >= 4 is 49.0 Å². The van der Waals surface area contributed by atoms with Crippen molar-refractivity contribution in [2.75, 3.05) is 0 Å². The Kier molecular flexibility index (Phi) is 26.9. The van der Waals surface area contributed by atoms with Gasteiger partial charge >= 0.3 is 39.1 Å². The molecule has 26 heteroatoms. The lowest BCUT2D eigenvalue weighted by atomic mass is 15.8. The predicted octanol–water partition coefficient (Wildman–Crippen LogP) is -4.58. The maximum atomic E-state index is 8.88. The highest BCUT2D eigenvalue weighted by atomic mass is 31.2. The lowest BCUT2D eigenvalue weighted by Gasteiger charge is -1.82. The summed E-state index contributed by atoms with van der Waals surface area (Å²) in [5, 5.41) is 0. The van der Waals surface area contributed by atoms with Gasteiger partial charge in [-0.2, -0.15) is 9.90 Å². The van der Waals surface area contributed by atoms with Crippen LogP contribution in [0.5, 0.6) is 0 Å². The van der Waals surface area contributed by atoms with Crippen molar-refractivity contribution in [2.24, 2.45) is 0 Å². The van der Waals surface area contributed by atoms with Gasteiger partial charge in [-0.1, -0.05) is 0 Å². The molecule has 0 radical (unpaired) electrons. The highest BCUT2D eigenvalue weighted by Crippen LogP contribution is 2.27. The molecule has 0 rings (SSSR count). The van der Waals surface area contributed by atoms with Gasteiger partial charge in [0.25, 0.3) is 0 Å². The summed E-state index contributed by atoms with van der Waals surface area (Å²) in [4.78, 5) is 108. The molecule has 0 heterocycles. The predicted molar refractivity (Wildman–Crippen MR) is 82.4 cm³/mol. The third-order valence-electron chi connectivity index (χ3n) is 0. The quantitative estimate of drug-likeness (QED) is 0.133. The summed E-state index contributed by atoms with van der Waals surface area (Å²) in [6.07, 6.45) is 0. The Hall–Kier alpha value is 0.980. The van der Waals surface area contributed by atoms with Crippen molar-refractivity contribution in [2.45, 2.75) is 0 Å². The second kappa shape index (κ2) is 16.9. The van der Waals surface area contributed by atoms with Crippen LogP contribution in [0.4, 0.5) is 0 Å². The summed E-state index contributed by atoms with van der Waals surface area (Å²) in [6.45, 7) is 0. The van der Waals surface area contributed by atoms with Crippen molar-refractivity contribution in [3.05, 3.63) is 0 Å². The van der Waals surface area contributed by atoms with Gasteiger partial charge in [0.1, 0.15) is 0 Å². The smallest absolute Gasteiger partial charge is 0.303 e. The average Bonchev–Trinajstić information content (AvgIpc) is 1.79. The maximum Gasteiger partial charge on any atom is 0.466 e. The molecule has 0 fully saturated rings. The highest BCUT2D eigenvalue weighted by Gasteiger charge is 2.01. The van der Waals surface area contributed by atoms with Gasteiger partial charge in [-0.3, -0.25) is 0 Å². The van der Waals surface area contributed by atoms with Gasteiger partial charge in [0.15, 0.2) is 0 Å². The van der Waals surface area contributed by atoms with Crippen LogP contribution in [0.2, 0.25) is 0 Å². The molecule has 168 valence electrons. The first-order valence-electron chi connectivity index (χ1n) is 3.91. The van der Waals surface area contributed by atoms with Gasteiger partial charge in [-0.05, 0) is 0 Å². The molecule has 0 aromatic rings. The zero-order valence-corrected chi connectivity index (χ0v) is 17.6. The number of hydrogen-bond donors (Lipinski definition) is 15. The van der Waals surface area contributed by atoms with Gasteiger partial charge < -0.3 is 73.4 Å². The topological polar surface area (TPSA) is 389 Å². The largest absolute Gasteiger partial charge is 0.466 e. The third-order valence-corrected chi connectivity index (χ3v) is 0. The SMILES string of the molecule is O=P(O)(O)O.O=P(O)(O)O.O=P(O)(O)O.O=P(O)(O)O.O=P(O)(O)O.P. The molecule has 0 amide bonds. The van der Waals surface area contributed by atoms with E-state index in [4.69, 9.17) is 96.2 Å². The minimum Gasteiger partial charge on any atom is -0.303 e. The fraction of sp³-hybridized carbons (Fsp3) is 0. The lowest BCUT2D eigenvalue weighted by molar-refractivity contribution is 0.272. The highest BCUT2D eigenvalue weighted by molar-refractivity contribution is 7.46. The molecule has 0 bridgehead atoms. The second-order valence-corrected chi connectivity index (χ2v) is 7.70. The summed E-state index contributed by atoms with van der Waals surface area (Å²) in [5.41, 5.74) is 0. The first kappa shape index (κ1) is 41.4. The Labute approximate surface area is 146 Å². The zero-order valence-electron chi connectivity index (χ0n) is 11.7. The van der Waals surface area contributed by atoms with Crippen molar-refractivity contribution < 1.29 is 96.2 Å². The van der Waals surface area contributed by atoms with E-state index in [-0.39, 0.29) is 9.90 Å². The summed E-state index contributed by atoms with van der Waals surface area (Å²) >= 11 is 0. The molecule has 0 aromatic heterocycles. The van der Waals surface area contributed by atoms with E-state index in [2.05, 4.69) is 0 Å². The van der Waals surface area contributed by atoms with Crippen LogP contribution in [0, 0.1) is 0 Å². The number of phosphoric acid groups is 5. The first-order chi connectivity index (χ1) is 10.0. The first-order valence-corrected chi connectivity index (χ1v) is 11.7. The Morgan fingerprint density at radius 1 is 0.269 bits per heavy atom. The minimum absolute atomic E-state index is 0. The maximum absolute atomic E-state index is 8.88. The van der Waals surface area contributed by atoms with Crippen LogP contribution in [0.1, 0.15) is 0 Å². The van der Waals surface area contributed by atoms with Crippen molar-refractivity contribution in [1.82, 2.24) is 0 Å². The summed E-state index contributed by atoms with van der Waals surface area (Å²) in [5.74, 6) is 0. The Morgan fingerprint density at radius 2 is 0.269 bits per heavy atom. The van der Waals surface area contributed by atoms with Gasteiger partial charge in [0.05, 0.1) is 0 Å². The van der Waals surface area contributed by atoms with E-state index in [1.165, 1.54) is 0 Å². The molecule has 0 aliphatic heterocycles. The van der Waals surface area contributed by atoms with Crippen LogP contribution < -0.4 is 0 Å². The minimum atomic E-state index is -4.64. The molecule has 26 heavy (non-hydrogen) atoms. The van der Waals surface area contributed by atoms with E-state index in [1.54, 1.807) is 0 Å². The van der Waals surface area contributed by atoms with Crippen LogP contribution in [0.15, 0.2) is 0 Å². The molecule has 0 aromatic carbocycles. The monoisotopic (exact) mass is 524 g/mol. The summed E-state index contributed by atoms with van der Waals surface area (Å²) in [6, 6.07) is 0. The molecule has 0 aliphatic carbocycles. The van der Waals surface area contributed by atoms with Gasteiger partial charge in [-0.25, -0.2) is 22.8 Å². The third kappa shape index (κ3) is 15000. The van der Waals surface area contributed by atoms with Crippen LogP contribution >= 0.6 is 49.0 Å². The van der Waals surface area contributed by atoms with Crippen molar-refractivity contribution in [1.29, 1.82) is 0 Å². The standard InChI is InChI=1S/5H3O4P.H3P/c5*1-5(2,3)4;/h5*(H3,1,2,3,4);1H3. The van der Waals surface area contributed by atoms with Crippen LogP contribution in [-0.2, 0) is 22.8 Å². The zero-order chi connectivity index (χ0) is 22.5. The molecular weight excluding hydrogens is 506 g/mol. The van der Waals surface area contributed by atoms with Crippen molar-refractivity contribution in [3.8, 4) is 0 Å². The fourth-order valence-corrected chi connectivity index (χ4v) is 0. The molecule has 0 spiro atoms. The molecule has 1 unspecified atom stereocenters. The van der Waals surface area contributed by atoms with Gasteiger partial charge in [0.2, 0.25) is 0 Å². The Morgan fingerprint density at radius 3 is 0.269 bits per heavy atom. The molecule has 0 saturated carbocycles. The second-order valence-electron chi connectivity index (χ2n) is 2.57. The summed E-state index contributed by atoms with van der Waals surface area (Å²) < 4.78 is 44.4. The normalized spacial score (nSPS) is 11.3. The Balaban J connectivity index is -0.0000000476. The molecule has 0 saturated heterocycles. The van der Waals surface area contributed by atoms with E-state index in [9.17, 15) is 0 Å². The number of rotatable bonds is 0. The van der Waals surface area contributed by atoms with Gasteiger partial charge in [0, 0.05) is 0 Å². The summed E-state index contributed by atoms with van der Waals surface area (Å²) in [7, 11) is -23.2. The molecule has 20 nitrogen and oxygen atoms in total. The van der Waals surface area contributed by atoms with E-state index in [0.717, 1.165) is 0 Å². The molecule has 0 aliphatic rings.